The Hall–Kier alpha value is -4.05. The van der Waals surface area contributed by atoms with E-state index in [0.29, 0.717) is 24.5 Å². The number of carbonyl (C=O) groups is 2. The Morgan fingerprint density at radius 1 is 0.947 bits per heavy atom. The molecular weight excluding hydrogens is 506 g/mol. The number of ether oxygens (including phenoxy) is 2. The lowest BCUT2D eigenvalue weighted by Crippen LogP contribution is -2.40. The van der Waals surface area contributed by atoms with Crippen LogP contribution in [0.15, 0.2) is 77.7 Å². The fraction of sp³-hybridized carbons (Fsp3) is 0.286. The van der Waals surface area contributed by atoms with Gasteiger partial charge in [-0.05, 0) is 53.9 Å². The summed E-state index contributed by atoms with van der Waals surface area (Å²) in [6.45, 7) is 1.13. The smallest absolute Gasteiger partial charge is 0.264 e. The zero-order valence-electron chi connectivity index (χ0n) is 21.4. The molecule has 0 radical (unpaired) electrons. The fourth-order valence-corrected chi connectivity index (χ4v) is 5.68. The summed E-state index contributed by atoms with van der Waals surface area (Å²) in [4.78, 5) is 26.7. The molecule has 1 heterocycles. The summed E-state index contributed by atoms with van der Waals surface area (Å²) in [5, 5.41) is 2.81. The minimum Gasteiger partial charge on any atom is -0.497 e. The van der Waals surface area contributed by atoms with Crippen molar-refractivity contribution in [3.63, 3.8) is 0 Å². The van der Waals surface area contributed by atoms with Crippen LogP contribution in [0.5, 0.6) is 11.5 Å². The summed E-state index contributed by atoms with van der Waals surface area (Å²) >= 11 is 0. The highest BCUT2D eigenvalue weighted by Crippen LogP contribution is 2.32. The molecular formula is C28H31N3O6S. The average Bonchev–Trinajstić information content (AvgIpc) is 3.35. The van der Waals surface area contributed by atoms with Crippen molar-refractivity contribution in [2.75, 3.05) is 31.6 Å². The molecule has 200 valence electrons. The van der Waals surface area contributed by atoms with Gasteiger partial charge in [0.15, 0.2) is 0 Å². The van der Waals surface area contributed by atoms with Gasteiger partial charge < -0.3 is 19.7 Å². The Morgan fingerprint density at radius 2 is 1.63 bits per heavy atom. The molecule has 3 aromatic carbocycles. The number of likely N-dealkylation sites (tertiary alicyclic amines) is 1. The van der Waals surface area contributed by atoms with Gasteiger partial charge in [-0.2, -0.15) is 0 Å². The van der Waals surface area contributed by atoms with Gasteiger partial charge in [0.25, 0.3) is 10.0 Å². The molecule has 3 aromatic rings. The lowest BCUT2D eigenvalue weighted by molar-refractivity contribution is -0.128. The first-order valence-electron chi connectivity index (χ1n) is 12.2. The number of hydrogen-bond donors (Lipinski definition) is 1. The lowest BCUT2D eigenvalue weighted by Gasteiger charge is -2.25. The summed E-state index contributed by atoms with van der Waals surface area (Å²) in [7, 11) is -1.16. The first-order chi connectivity index (χ1) is 18.3. The van der Waals surface area contributed by atoms with E-state index in [2.05, 4.69) is 5.32 Å². The number of rotatable bonds is 11. The van der Waals surface area contributed by atoms with Gasteiger partial charge in [0.1, 0.15) is 18.0 Å². The molecule has 0 aromatic heterocycles. The number of methoxy groups -OCH3 is 2. The van der Waals surface area contributed by atoms with Gasteiger partial charge in [0, 0.05) is 26.1 Å². The van der Waals surface area contributed by atoms with Crippen molar-refractivity contribution >= 4 is 27.5 Å². The number of anilines is 1. The standard InChI is InChI=1S/C28H31N3O6S/c1-36-23-13-15-24(16-14-23)38(34,35)31(25-6-3-4-7-26(25)37-2)20-27(32)29-18-21-9-11-22(12-10-21)19-30-17-5-8-28(30)33/h3-4,6-7,9-16H,5,8,17-20H2,1-2H3,(H,29,32). The first kappa shape index (κ1) is 27.0. The van der Waals surface area contributed by atoms with Crippen LogP contribution in [-0.2, 0) is 32.7 Å². The molecule has 1 aliphatic rings. The highest BCUT2D eigenvalue weighted by atomic mass is 32.2. The highest BCUT2D eigenvalue weighted by Gasteiger charge is 2.29. The van der Waals surface area contributed by atoms with Crippen LogP contribution in [0.3, 0.4) is 0 Å². The molecule has 9 nitrogen and oxygen atoms in total. The van der Waals surface area contributed by atoms with Crippen LogP contribution in [0.25, 0.3) is 0 Å². The molecule has 0 spiro atoms. The minimum atomic E-state index is -4.11. The molecule has 38 heavy (non-hydrogen) atoms. The second kappa shape index (κ2) is 12.0. The summed E-state index contributed by atoms with van der Waals surface area (Å²) in [5.41, 5.74) is 2.13. The van der Waals surface area contributed by atoms with E-state index in [4.69, 9.17) is 9.47 Å². The molecule has 2 amide bonds. The van der Waals surface area contributed by atoms with Gasteiger partial charge in [-0.3, -0.25) is 13.9 Å². The Kier molecular flexibility index (Phi) is 8.52. The van der Waals surface area contributed by atoms with Crippen LogP contribution in [0, 0.1) is 0 Å². The van der Waals surface area contributed by atoms with Crippen LogP contribution in [0.2, 0.25) is 0 Å². The number of sulfonamides is 1. The molecule has 10 heteroatoms. The number of nitrogens with zero attached hydrogens (tertiary/aromatic N) is 2. The van der Waals surface area contributed by atoms with Crippen molar-refractivity contribution in [3.8, 4) is 11.5 Å². The van der Waals surface area contributed by atoms with Crippen LogP contribution < -0.4 is 19.1 Å². The largest absolute Gasteiger partial charge is 0.497 e. The van der Waals surface area contributed by atoms with Crippen molar-refractivity contribution < 1.29 is 27.5 Å². The number of amides is 2. The van der Waals surface area contributed by atoms with Gasteiger partial charge in [-0.1, -0.05) is 36.4 Å². The van der Waals surface area contributed by atoms with Crippen molar-refractivity contribution in [2.24, 2.45) is 0 Å². The van der Waals surface area contributed by atoms with Crippen LogP contribution in [0.1, 0.15) is 24.0 Å². The molecule has 4 rings (SSSR count). The van der Waals surface area contributed by atoms with Gasteiger partial charge in [-0.25, -0.2) is 8.42 Å². The van der Waals surface area contributed by atoms with E-state index in [1.807, 2.05) is 29.2 Å². The summed E-state index contributed by atoms with van der Waals surface area (Å²) in [5.74, 6) is 0.540. The summed E-state index contributed by atoms with van der Waals surface area (Å²) < 4.78 is 38.8. The fourth-order valence-electron chi connectivity index (χ4n) is 4.25. The maximum absolute atomic E-state index is 13.6. The second-order valence-corrected chi connectivity index (χ2v) is 10.7. The van der Waals surface area contributed by atoms with E-state index in [9.17, 15) is 18.0 Å². The van der Waals surface area contributed by atoms with Crippen molar-refractivity contribution in [3.05, 3.63) is 83.9 Å². The van der Waals surface area contributed by atoms with Crippen molar-refractivity contribution in [1.82, 2.24) is 10.2 Å². The monoisotopic (exact) mass is 537 g/mol. The number of benzene rings is 3. The lowest BCUT2D eigenvalue weighted by atomic mass is 10.1. The van der Waals surface area contributed by atoms with Crippen LogP contribution in [0.4, 0.5) is 5.69 Å². The maximum Gasteiger partial charge on any atom is 0.264 e. The Balaban J connectivity index is 1.48. The van der Waals surface area contributed by atoms with Crippen molar-refractivity contribution in [1.29, 1.82) is 0 Å². The Bertz CT molecular complexity index is 1370. The highest BCUT2D eigenvalue weighted by molar-refractivity contribution is 7.92. The van der Waals surface area contributed by atoms with E-state index in [-0.39, 0.29) is 23.0 Å². The third kappa shape index (κ3) is 6.25. The summed E-state index contributed by atoms with van der Waals surface area (Å²) in [6.07, 6.45) is 1.49. The second-order valence-electron chi connectivity index (χ2n) is 8.87. The number of nitrogens with one attached hydrogen (secondary N) is 1. The average molecular weight is 538 g/mol. The third-order valence-corrected chi connectivity index (χ3v) is 8.12. The molecule has 0 atom stereocenters. The minimum absolute atomic E-state index is 0.0177. The van der Waals surface area contributed by atoms with Crippen LogP contribution >= 0.6 is 0 Å². The van der Waals surface area contributed by atoms with E-state index >= 15 is 0 Å². The quantitative estimate of drug-likeness (QED) is 0.402. The predicted molar refractivity (Wildman–Crippen MR) is 143 cm³/mol. The number of hydrogen-bond acceptors (Lipinski definition) is 6. The van der Waals surface area contributed by atoms with Crippen LogP contribution in [-0.4, -0.2) is 52.4 Å². The maximum atomic E-state index is 13.6. The van der Waals surface area contributed by atoms with Gasteiger partial charge >= 0.3 is 0 Å². The zero-order valence-corrected chi connectivity index (χ0v) is 22.2. The molecule has 0 saturated carbocycles. The third-order valence-electron chi connectivity index (χ3n) is 6.35. The van der Waals surface area contributed by atoms with E-state index in [1.54, 1.807) is 36.4 Å². The normalized spacial score (nSPS) is 13.3. The van der Waals surface area contributed by atoms with Gasteiger partial charge in [0.05, 0.1) is 24.8 Å². The molecule has 0 bridgehead atoms. The number of para-hydroxylation sites is 2. The van der Waals surface area contributed by atoms with E-state index < -0.39 is 22.5 Å². The molecule has 1 aliphatic heterocycles. The number of carbonyl (C=O) groups excluding carboxylic acids is 2. The SMILES string of the molecule is COc1ccc(S(=O)(=O)N(CC(=O)NCc2ccc(CN3CCCC3=O)cc2)c2ccccc2OC)cc1. The predicted octanol–water partition coefficient (Wildman–Crippen LogP) is 3.34. The van der Waals surface area contributed by atoms with E-state index in [0.717, 1.165) is 28.4 Å². The molecule has 0 aliphatic carbocycles. The van der Waals surface area contributed by atoms with Gasteiger partial charge in [0.2, 0.25) is 11.8 Å². The van der Waals surface area contributed by atoms with Crippen molar-refractivity contribution in [2.45, 2.75) is 30.8 Å². The molecule has 0 unspecified atom stereocenters. The Labute approximate surface area is 223 Å². The molecule has 1 fully saturated rings. The Morgan fingerprint density at radius 3 is 2.26 bits per heavy atom. The zero-order chi connectivity index (χ0) is 27.1. The van der Waals surface area contributed by atoms with E-state index in [1.165, 1.54) is 26.4 Å². The molecule has 1 N–H and O–H groups in total. The van der Waals surface area contributed by atoms with Gasteiger partial charge in [-0.15, -0.1) is 0 Å². The topological polar surface area (TPSA) is 105 Å². The molecule has 1 saturated heterocycles. The summed E-state index contributed by atoms with van der Waals surface area (Å²) in [6, 6.07) is 20.3. The first-order valence-corrected chi connectivity index (χ1v) is 13.7.